The second-order valence-corrected chi connectivity index (χ2v) is 20.0. The first-order chi connectivity index (χ1) is 24.1. The number of hydrogen-bond donors (Lipinski definition) is 4. The molecule has 0 bridgehead atoms. The second-order valence-electron chi connectivity index (χ2n) is 17.7. The standard InChI is InChI=1S/C38H61N5O7S/c1-5-6-14-26(30(44)33(46)39-24-16-17-24)40-32(45)29-28-25(36(28,2)3)23-43(29)34(47)31(37(4)18-9-7-10-19-37)41-35(48)42-38(20-11-8-12-21-38)27-15-13-22-51(27,49)50/h24-29,31H,5-23H2,1-4H3,(H,39,46)(H,40,45)(H2,41,42,48)/t25-,26-,27+,28-,29-,31+/m0/s1. The van der Waals surface area contributed by atoms with E-state index in [1.165, 1.54) is 0 Å². The molecular weight excluding hydrogens is 671 g/mol. The predicted molar refractivity (Wildman–Crippen MR) is 193 cm³/mol. The molecule has 286 valence electrons. The lowest BCUT2D eigenvalue weighted by atomic mass is 9.70. The summed E-state index contributed by atoms with van der Waals surface area (Å²) in [6.45, 7) is 8.59. The molecule has 2 heterocycles. The number of amides is 5. The van der Waals surface area contributed by atoms with Crippen molar-refractivity contribution in [2.24, 2.45) is 22.7 Å². The third-order valence-corrected chi connectivity index (χ3v) is 16.1. The minimum atomic E-state index is -3.35. The van der Waals surface area contributed by atoms with Crippen LogP contribution in [-0.4, -0.2) is 90.1 Å². The van der Waals surface area contributed by atoms with E-state index in [1.54, 1.807) is 4.90 Å². The predicted octanol–water partition coefficient (Wildman–Crippen LogP) is 3.91. The molecule has 0 spiro atoms. The average molecular weight is 732 g/mol. The molecule has 51 heavy (non-hydrogen) atoms. The second kappa shape index (κ2) is 14.6. The molecule has 6 rings (SSSR count). The quantitative estimate of drug-likeness (QED) is 0.208. The highest BCUT2D eigenvalue weighted by Gasteiger charge is 2.70. The first-order valence-corrected chi connectivity index (χ1v) is 21.6. The van der Waals surface area contributed by atoms with Gasteiger partial charge >= 0.3 is 6.03 Å². The van der Waals surface area contributed by atoms with Crippen molar-refractivity contribution in [3.05, 3.63) is 0 Å². The lowest BCUT2D eigenvalue weighted by Crippen LogP contribution is -2.66. The third kappa shape index (κ3) is 7.70. The molecule has 0 aromatic heterocycles. The van der Waals surface area contributed by atoms with Gasteiger partial charge in [0.2, 0.25) is 17.6 Å². The molecule has 2 saturated heterocycles. The summed E-state index contributed by atoms with van der Waals surface area (Å²) in [5.74, 6) is -1.97. The fourth-order valence-electron chi connectivity index (χ4n) is 10.3. The summed E-state index contributed by atoms with van der Waals surface area (Å²) in [7, 11) is -3.35. The SMILES string of the molecule is CCCC[C@H](NC(=O)[C@@H]1[C@@H]2[C@H](CN1C(=O)[C@@H](NC(=O)NC1([C@H]3CCCS3(=O)=O)CCCCC1)C1(C)CCCCC1)C2(C)C)C(=O)C(=O)NC1CC1. The maximum absolute atomic E-state index is 14.9. The van der Waals surface area contributed by atoms with Gasteiger partial charge in [-0.3, -0.25) is 19.2 Å². The number of carbonyl (C=O) groups excluding carboxylic acids is 5. The van der Waals surface area contributed by atoms with Crippen molar-refractivity contribution in [2.45, 2.75) is 172 Å². The Labute approximate surface area is 304 Å². The number of hydrogen-bond acceptors (Lipinski definition) is 7. The summed E-state index contributed by atoms with van der Waals surface area (Å²) >= 11 is 0. The van der Waals surface area contributed by atoms with Gasteiger partial charge in [0.15, 0.2) is 9.84 Å². The molecule has 0 radical (unpaired) electrons. The van der Waals surface area contributed by atoms with Crippen molar-refractivity contribution in [3.8, 4) is 0 Å². The Balaban J connectivity index is 1.24. The van der Waals surface area contributed by atoms with Crippen molar-refractivity contribution < 1.29 is 32.4 Å². The van der Waals surface area contributed by atoms with E-state index < -0.39 is 67.8 Å². The van der Waals surface area contributed by atoms with Crippen LogP contribution >= 0.6 is 0 Å². The van der Waals surface area contributed by atoms with Gasteiger partial charge in [-0.2, -0.15) is 0 Å². The molecule has 4 N–H and O–H groups in total. The summed E-state index contributed by atoms with van der Waals surface area (Å²) in [5, 5.41) is 11.3. The number of ketones is 1. The molecule has 13 heteroatoms. The Bertz CT molecular complexity index is 1480. The number of nitrogens with one attached hydrogen (secondary N) is 4. The summed E-state index contributed by atoms with van der Waals surface area (Å²) in [6, 6.07) is -3.26. The first kappa shape index (κ1) is 38.0. The maximum Gasteiger partial charge on any atom is 0.315 e. The summed E-state index contributed by atoms with van der Waals surface area (Å²) in [4.78, 5) is 71.0. The van der Waals surface area contributed by atoms with Crippen LogP contribution in [0.15, 0.2) is 0 Å². The zero-order chi connectivity index (χ0) is 36.8. The molecule has 0 unspecified atom stereocenters. The van der Waals surface area contributed by atoms with Crippen LogP contribution < -0.4 is 21.3 Å². The van der Waals surface area contributed by atoms with E-state index in [1.807, 2.05) is 13.8 Å². The van der Waals surface area contributed by atoms with Gasteiger partial charge in [0, 0.05) is 12.6 Å². The van der Waals surface area contributed by atoms with Gasteiger partial charge in [0.05, 0.1) is 22.6 Å². The molecule has 6 atom stereocenters. The van der Waals surface area contributed by atoms with Crippen molar-refractivity contribution in [3.63, 3.8) is 0 Å². The summed E-state index contributed by atoms with van der Waals surface area (Å²) < 4.78 is 26.4. The highest BCUT2D eigenvalue weighted by molar-refractivity contribution is 7.92. The van der Waals surface area contributed by atoms with Gasteiger partial charge < -0.3 is 26.2 Å². The van der Waals surface area contributed by atoms with Gasteiger partial charge in [-0.25, -0.2) is 13.2 Å². The van der Waals surface area contributed by atoms with Crippen LogP contribution in [0.1, 0.15) is 137 Å². The van der Waals surface area contributed by atoms with E-state index in [2.05, 4.69) is 35.1 Å². The van der Waals surface area contributed by atoms with Gasteiger partial charge in [-0.15, -0.1) is 0 Å². The van der Waals surface area contributed by atoms with E-state index in [0.29, 0.717) is 45.1 Å². The largest absolute Gasteiger partial charge is 0.347 e. The Kier molecular flexibility index (Phi) is 10.9. The molecule has 12 nitrogen and oxygen atoms in total. The highest BCUT2D eigenvalue weighted by atomic mass is 32.2. The molecule has 6 aliphatic rings. The Morgan fingerprint density at radius 2 is 1.49 bits per heavy atom. The molecule has 5 amide bonds. The van der Waals surface area contributed by atoms with Crippen LogP contribution in [0.25, 0.3) is 0 Å². The number of nitrogens with zero attached hydrogens (tertiary/aromatic N) is 1. The van der Waals surface area contributed by atoms with Crippen LogP contribution in [-0.2, 0) is 29.0 Å². The number of likely N-dealkylation sites (tertiary alicyclic amines) is 1. The van der Waals surface area contributed by atoms with E-state index in [-0.39, 0.29) is 35.0 Å². The fourth-order valence-corrected chi connectivity index (χ4v) is 12.6. The van der Waals surface area contributed by atoms with Crippen LogP contribution in [0.3, 0.4) is 0 Å². The van der Waals surface area contributed by atoms with E-state index >= 15 is 0 Å². The number of fused-ring (bicyclic) bond motifs is 1. The normalized spacial score (nSPS) is 31.0. The number of sulfone groups is 1. The van der Waals surface area contributed by atoms with Crippen LogP contribution in [0.4, 0.5) is 4.79 Å². The van der Waals surface area contributed by atoms with E-state index in [4.69, 9.17) is 0 Å². The Morgan fingerprint density at radius 3 is 2.08 bits per heavy atom. The van der Waals surface area contributed by atoms with Crippen molar-refractivity contribution in [1.29, 1.82) is 0 Å². The Morgan fingerprint density at radius 1 is 0.843 bits per heavy atom. The molecule has 4 saturated carbocycles. The number of piperidine rings is 1. The zero-order valence-electron chi connectivity index (χ0n) is 31.2. The molecule has 0 aromatic rings. The molecule has 6 fully saturated rings. The lowest BCUT2D eigenvalue weighted by Gasteiger charge is -2.45. The molecule has 4 aliphatic carbocycles. The van der Waals surface area contributed by atoms with Crippen molar-refractivity contribution >= 4 is 39.4 Å². The van der Waals surface area contributed by atoms with Crippen LogP contribution in [0, 0.1) is 22.7 Å². The Hall–Kier alpha value is -2.70. The lowest BCUT2D eigenvalue weighted by molar-refractivity contribution is -0.146. The van der Waals surface area contributed by atoms with E-state index in [0.717, 1.165) is 70.6 Å². The number of rotatable bonds is 13. The number of urea groups is 1. The highest BCUT2D eigenvalue weighted by Crippen LogP contribution is 2.65. The van der Waals surface area contributed by atoms with Gasteiger partial charge in [0.1, 0.15) is 12.1 Å². The zero-order valence-corrected chi connectivity index (χ0v) is 32.0. The van der Waals surface area contributed by atoms with Crippen molar-refractivity contribution in [1.82, 2.24) is 26.2 Å². The minimum Gasteiger partial charge on any atom is -0.347 e. The van der Waals surface area contributed by atoms with Crippen molar-refractivity contribution in [2.75, 3.05) is 12.3 Å². The summed E-state index contributed by atoms with van der Waals surface area (Å²) in [5.41, 5.74) is -1.61. The minimum absolute atomic E-state index is 0.0123. The van der Waals surface area contributed by atoms with Gasteiger partial charge in [0.25, 0.3) is 5.91 Å². The maximum atomic E-state index is 14.9. The van der Waals surface area contributed by atoms with E-state index in [9.17, 15) is 32.4 Å². The fraction of sp³-hybridized carbons (Fsp3) is 0.868. The van der Waals surface area contributed by atoms with Gasteiger partial charge in [-0.05, 0) is 80.5 Å². The van der Waals surface area contributed by atoms with Crippen LogP contribution in [0.2, 0.25) is 0 Å². The monoisotopic (exact) mass is 731 g/mol. The first-order valence-electron chi connectivity index (χ1n) is 19.9. The third-order valence-electron chi connectivity index (χ3n) is 13.6. The number of carbonyl (C=O) groups is 5. The molecule has 0 aromatic carbocycles. The topological polar surface area (TPSA) is 171 Å². The smallest absolute Gasteiger partial charge is 0.315 e. The average Bonchev–Trinajstić information content (AvgIpc) is 3.87. The number of Topliss-reactive ketones (excluding diaryl/α,β-unsaturated/α-hetero) is 1. The van der Waals surface area contributed by atoms with Gasteiger partial charge in [-0.1, -0.05) is 79.1 Å². The van der Waals surface area contributed by atoms with Crippen LogP contribution in [0.5, 0.6) is 0 Å². The molecular formula is C38H61N5O7S. The molecule has 2 aliphatic heterocycles. The number of unbranched alkanes of at least 4 members (excludes halogenated alkanes) is 1. The summed E-state index contributed by atoms with van der Waals surface area (Å²) in [6.07, 6.45) is 12.7.